The van der Waals surface area contributed by atoms with E-state index in [1.807, 2.05) is 27.7 Å². The van der Waals surface area contributed by atoms with E-state index in [2.05, 4.69) is 0 Å². The molecule has 0 radical (unpaired) electrons. The van der Waals surface area contributed by atoms with E-state index in [1.54, 1.807) is 13.8 Å². The van der Waals surface area contributed by atoms with Crippen molar-refractivity contribution >= 4 is 0 Å². The van der Waals surface area contributed by atoms with Crippen molar-refractivity contribution < 1.29 is 10.2 Å². The Hall–Kier alpha value is -0.340. The molecule has 0 aliphatic heterocycles. The van der Waals surface area contributed by atoms with Crippen LogP contribution in [0.1, 0.15) is 41.5 Å². The molecule has 14 heavy (non-hydrogen) atoms. The van der Waals surface area contributed by atoms with E-state index in [9.17, 15) is 10.2 Å². The van der Waals surface area contributed by atoms with Gasteiger partial charge < -0.3 is 10.2 Å². The van der Waals surface area contributed by atoms with Gasteiger partial charge in [-0.25, -0.2) is 0 Å². The minimum Gasteiger partial charge on any atom is -0.392 e. The summed E-state index contributed by atoms with van der Waals surface area (Å²) < 4.78 is 0. The highest BCUT2D eigenvalue weighted by atomic mass is 16.3. The number of hydrogen-bond acceptors (Lipinski definition) is 2. The van der Waals surface area contributed by atoms with E-state index >= 15 is 0 Å². The lowest BCUT2D eigenvalue weighted by molar-refractivity contribution is -0.0913. The van der Waals surface area contributed by atoms with Gasteiger partial charge >= 0.3 is 0 Å². The van der Waals surface area contributed by atoms with E-state index in [4.69, 9.17) is 0 Å². The molecule has 0 amide bonds. The SMILES string of the molecule is CC1=C(C)[C@](C)([C@@H](C)O)[C@]1(C)[C@H](C)O. The fourth-order valence-electron chi connectivity index (χ4n) is 2.99. The molecule has 0 saturated heterocycles. The lowest BCUT2D eigenvalue weighted by Crippen LogP contribution is -2.59. The predicted molar refractivity (Wildman–Crippen MR) is 57.9 cm³/mol. The van der Waals surface area contributed by atoms with Crippen LogP contribution in [0.3, 0.4) is 0 Å². The maximum atomic E-state index is 9.86. The number of rotatable bonds is 2. The second kappa shape index (κ2) is 3.07. The third-order valence-electron chi connectivity index (χ3n) is 4.87. The summed E-state index contributed by atoms with van der Waals surface area (Å²) in [5, 5.41) is 19.7. The molecule has 1 aliphatic rings. The Morgan fingerprint density at radius 2 is 1.07 bits per heavy atom. The molecule has 4 atom stereocenters. The van der Waals surface area contributed by atoms with Crippen LogP contribution in [0.2, 0.25) is 0 Å². The molecular weight excluding hydrogens is 176 g/mol. The fourth-order valence-corrected chi connectivity index (χ4v) is 2.99. The first-order valence-corrected chi connectivity index (χ1v) is 5.25. The summed E-state index contributed by atoms with van der Waals surface area (Å²) in [5.74, 6) is 0. The van der Waals surface area contributed by atoms with Gasteiger partial charge in [0.05, 0.1) is 12.2 Å². The van der Waals surface area contributed by atoms with E-state index in [0.29, 0.717) is 0 Å². The van der Waals surface area contributed by atoms with Crippen LogP contribution < -0.4 is 0 Å². The Morgan fingerprint density at radius 1 is 0.857 bits per heavy atom. The van der Waals surface area contributed by atoms with Crippen molar-refractivity contribution in [1.82, 2.24) is 0 Å². The average Bonchev–Trinajstić information content (AvgIpc) is 2.12. The molecule has 1 rings (SSSR count). The van der Waals surface area contributed by atoms with Crippen LogP contribution in [-0.4, -0.2) is 22.4 Å². The molecule has 0 aromatic rings. The molecule has 82 valence electrons. The van der Waals surface area contributed by atoms with Crippen molar-refractivity contribution in [2.24, 2.45) is 10.8 Å². The Labute approximate surface area is 86.6 Å². The first-order chi connectivity index (χ1) is 6.20. The molecular formula is C12H22O2. The maximum absolute atomic E-state index is 9.86. The number of aliphatic hydroxyl groups is 2. The quantitative estimate of drug-likeness (QED) is 0.667. The molecule has 2 N–H and O–H groups in total. The first-order valence-electron chi connectivity index (χ1n) is 5.25. The van der Waals surface area contributed by atoms with Gasteiger partial charge in [-0.15, -0.1) is 0 Å². The molecule has 1 aliphatic carbocycles. The molecule has 0 aromatic heterocycles. The summed E-state index contributed by atoms with van der Waals surface area (Å²) in [6.45, 7) is 11.8. The van der Waals surface area contributed by atoms with Gasteiger partial charge in [-0.1, -0.05) is 25.0 Å². The molecule has 0 aromatic carbocycles. The van der Waals surface area contributed by atoms with Crippen LogP contribution >= 0.6 is 0 Å². The van der Waals surface area contributed by atoms with Crippen molar-refractivity contribution in [2.45, 2.75) is 53.8 Å². The zero-order valence-electron chi connectivity index (χ0n) is 10.0. The second-order valence-electron chi connectivity index (χ2n) is 5.01. The van der Waals surface area contributed by atoms with E-state index in [0.717, 1.165) is 0 Å². The largest absolute Gasteiger partial charge is 0.392 e. The number of hydrogen-bond donors (Lipinski definition) is 2. The van der Waals surface area contributed by atoms with Gasteiger partial charge in [0.2, 0.25) is 0 Å². The fraction of sp³-hybridized carbons (Fsp3) is 0.833. The van der Waals surface area contributed by atoms with Gasteiger partial charge in [-0.2, -0.15) is 0 Å². The van der Waals surface area contributed by atoms with Crippen LogP contribution in [0.5, 0.6) is 0 Å². The van der Waals surface area contributed by atoms with Crippen molar-refractivity contribution in [1.29, 1.82) is 0 Å². The van der Waals surface area contributed by atoms with E-state index < -0.39 is 12.2 Å². The molecule has 0 saturated carbocycles. The Balaban J connectivity index is 3.24. The Bertz CT molecular complexity index is 250. The predicted octanol–water partition coefficient (Wildman–Crippen LogP) is 2.11. The topological polar surface area (TPSA) is 40.5 Å². The van der Waals surface area contributed by atoms with Crippen molar-refractivity contribution in [3.63, 3.8) is 0 Å². The van der Waals surface area contributed by atoms with Gasteiger partial charge in [-0.3, -0.25) is 0 Å². The molecule has 0 fully saturated rings. The summed E-state index contributed by atoms with van der Waals surface area (Å²) >= 11 is 0. The van der Waals surface area contributed by atoms with Gasteiger partial charge in [0.25, 0.3) is 0 Å². The second-order valence-corrected chi connectivity index (χ2v) is 5.01. The summed E-state index contributed by atoms with van der Waals surface area (Å²) in [7, 11) is 0. The summed E-state index contributed by atoms with van der Waals surface area (Å²) in [4.78, 5) is 0. The van der Waals surface area contributed by atoms with Crippen LogP contribution in [0.15, 0.2) is 11.1 Å². The van der Waals surface area contributed by atoms with Crippen LogP contribution in [-0.2, 0) is 0 Å². The summed E-state index contributed by atoms with van der Waals surface area (Å²) in [5.41, 5.74) is 1.86. The highest BCUT2D eigenvalue weighted by molar-refractivity contribution is 5.42. The van der Waals surface area contributed by atoms with Crippen LogP contribution in [0.4, 0.5) is 0 Å². The van der Waals surface area contributed by atoms with Gasteiger partial charge in [0.15, 0.2) is 0 Å². The highest BCUT2D eigenvalue weighted by Gasteiger charge is 2.60. The Kier molecular flexibility index (Phi) is 2.58. The third kappa shape index (κ3) is 0.986. The standard InChI is InChI=1S/C12H22O2/c1-7-8(2)12(6,10(4)14)11(7,5)9(3)13/h9-10,13-14H,1-6H3/t9-,10+,11-,12+. The van der Waals surface area contributed by atoms with Crippen LogP contribution in [0, 0.1) is 10.8 Å². The minimum absolute atomic E-state index is 0.286. The smallest absolute Gasteiger partial charge is 0.0612 e. The maximum Gasteiger partial charge on any atom is 0.0612 e. The number of aliphatic hydroxyl groups excluding tert-OH is 2. The molecule has 2 nitrogen and oxygen atoms in total. The lowest BCUT2D eigenvalue weighted by atomic mass is 9.45. The molecule has 0 heterocycles. The summed E-state index contributed by atoms with van der Waals surface area (Å²) in [6, 6.07) is 0. The molecule has 0 unspecified atom stereocenters. The molecule has 0 spiro atoms. The Morgan fingerprint density at radius 3 is 1.21 bits per heavy atom. The van der Waals surface area contributed by atoms with Gasteiger partial charge in [-0.05, 0) is 27.7 Å². The zero-order valence-corrected chi connectivity index (χ0v) is 10.0. The highest BCUT2D eigenvalue weighted by Crippen LogP contribution is 2.63. The summed E-state index contributed by atoms with van der Waals surface area (Å²) in [6.07, 6.45) is -0.850. The monoisotopic (exact) mass is 198 g/mol. The van der Waals surface area contributed by atoms with Gasteiger partial charge in [0, 0.05) is 10.8 Å². The first kappa shape index (κ1) is 11.7. The molecule has 2 heteroatoms. The lowest BCUT2D eigenvalue weighted by Gasteiger charge is -2.60. The molecule has 0 bridgehead atoms. The van der Waals surface area contributed by atoms with E-state index in [1.165, 1.54) is 11.1 Å². The van der Waals surface area contributed by atoms with Crippen molar-refractivity contribution in [3.8, 4) is 0 Å². The van der Waals surface area contributed by atoms with Gasteiger partial charge in [0.1, 0.15) is 0 Å². The van der Waals surface area contributed by atoms with Crippen LogP contribution in [0.25, 0.3) is 0 Å². The third-order valence-corrected chi connectivity index (χ3v) is 4.87. The average molecular weight is 198 g/mol. The normalized spacial score (nSPS) is 42.0. The minimum atomic E-state index is -0.425. The van der Waals surface area contributed by atoms with Crippen molar-refractivity contribution in [2.75, 3.05) is 0 Å². The van der Waals surface area contributed by atoms with Crippen molar-refractivity contribution in [3.05, 3.63) is 11.1 Å². The van der Waals surface area contributed by atoms with E-state index in [-0.39, 0.29) is 10.8 Å². The zero-order chi connectivity index (χ0) is 11.3.